The van der Waals surface area contributed by atoms with Crippen LogP contribution in [0.2, 0.25) is 0 Å². The van der Waals surface area contributed by atoms with Crippen LogP contribution in [0.4, 0.5) is 16.2 Å². The van der Waals surface area contributed by atoms with E-state index in [9.17, 15) is 14.9 Å². The normalized spacial score (nSPS) is 10.9. The summed E-state index contributed by atoms with van der Waals surface area (Å²) in [4.78, 5) is 22.5. The van der Waals surface area contributed by atoms with Gasteiger partial charge in [0.05, 0.1) is 4.92 Å². The first-order chi connectivity index (χ1) is 11.6. The van der Waals surface area contributed by atoms with E-state index in [4.69, 9.17) is 9.47 Å². The van der Waals surface area contributed by atoms with Gasteiger partial charge in [-0.05, 0) is 45.9 Å². The van der Waals surface area contributed by atoms with Gasteiger partial charge in [0.25, 0.3) is 5.69 Å². The highest BCUT2D eigenvalue weighted by Gasteiger charge is 2.21. The van der Waals surface area contributed by atoms with E-state index in [0.29, 0.717) is 11.5 Å². The van der Waals surface area contributed by atoms with Gasteiger partial charge in [-0.15, -0.1) is 0 Å². The summed E-state index contributed by atoms with van der Waals surface area (Å²) in [7, 11) is 0. The summed E-state index contributed by atoms with van der Waals surface area (Å²) >= 11 is 0. The fourth-order valence-corrected chi connectivity index (χ4v) is 1.99. The molecule has 2 aromatic carbocycles. The molecule has 7 nitrogen and oxygen atoms in total. The van der Waals surface area contributed by atoms with E-state index in [1.807, 2.05) is 19.1 Å². The fourth-order valence-electron chi connectivity index (χ4n) is 1.99. The lowest BCUT2D eigenvalue weighted by Gasteiger charge is -2.19. The number of carbonyl (C=O) groups is 1. The van der Waals surface area contributed by atoms with Gasteiger partial charge in [0, 0.05) is 12.1 Å². The zero-order valence-corrected chi connectivity index (χ0v) is 14.5. The van der Waals surface area contributed by atoms with Crippen LogP contribution in [0.3, 0.4) is 0 Å². The topological polar surface area (TPSA) is 90.7 Å². The summed E-state index contributed by atoms with van der Waals surface area (Å²) in [6.45, 7) is 7.08. The summed E-state index contributed by atoms with van der Waals surface area (Å²) in [5.41, 5.74) is 0.129. The summed E-state index contributed by atoms with van der Waals surface area (Å²) in [6.07, 6.45) is -0.775. The van der Waals surface area contributed by atoms with E-state index in [-0.39, 0.29) is 11.4 Å². The smallest absolute Gasteiger partial charge is 0.412 e. The average Bonchev–Trinajstić information content (AvgIpc) is 2.47. The standard InChI is InChI=1S/C18H20N2O5/c1-12-5-7-13(8-6-12)24-14-9-10-16(20(22)23)15(11-14)19-17(21)25-18(2,3)4/h5-11H,1-4H3,(H,19,21). The summed E-state index contributed by atoms with van der Waals surface area (Å²) < 4.78 is 10.8. The molecule has 0 spiro atoms. The Kier molecular flexibility index (Phi) is 5.26. The SMILES string of the molecule is Cc1ccc(Oc2ccc([N+](=O)[O-])c(NC(=O)OC(C)(C)C)c2)cc1. The average molecular weight is 344 g/mol. The molecule has 2 aromatic rings. The van der Waals surface area contributed by atoms with Crippen molar-refractivity contribution in [2.45, 2.75) is 33.3 Å². The van der Waals surface area contributed by atoms with Crippen LogP contribution in [0.25, 0.3) is 0 Å². The molecule has 0 radical (unpaired) electrons. The fraction of sp³-hybridized carbons (Fsp3) is 0.278. The van der Waals surface area contributed by atoms with E-state index in [0.717, 1.165) is 5.56 Å². The van der Waals surface area contributed by atoms with Gasteiger partial charge in [-0.1, -0.05) is 17.7 Å². The highest BCUT2D eigenvalue weighted by atomic mass is 16.6. The minimum Gasteiger partial charge on any atom is -0.457 e. The molecule has 1 N–H and O–H groups in total. The predicted octanol–water partition coefficient (Wildman–Crippen LogP) is 5.04. The van der Waals surface area contributed by atoms with E-state index >= 15 is 0 Å². The van der Waals surface area contributed by atoms with Crippen molar-refractivity contribution in [2.75, 3.05) is 5.32 Å². The molecule has 0 saturated carbocycles. The number of nitrogens with one attached hydrogen (secondary N) is 1. The summed E-state index contributed by atoms with van der Waals surface area (Å²) in [5, 5.41) is 13.6. The molecule has 0 aliphatic carbocycles. The van der Waals surface area contributed by atoms with Crippen LogP contribution in [-0.4, -0.2) is 16.6 Å². The van der Waals surface area contributed by atoms with Crippen LogP contribution in [0.15, 0.2) is 42.5 Å². The maximum absolute atomic E-state index is 11.9. The Labute approximate surface area is 145 Å². The van der Waals surface area contributed by atoms with Gasteiger partial charge in [0.2, 0.25) is 0 Å². The Morgan fingerprint density at radius 2 is 1.68 bits per heavy atom. The Hall–Kier alpha value is -3.09. The van der Waals surface area contributed by atoms with Gasteiger partial charge in [0.15, 0.2) is 0 Å². The molecule has 0 heterocycles. The van der Waals surface area contributed by atoms with Crippen molar-refractivity contribution in [3.8, 4) is 11.5 Å². The summed E-state index contributed by atoms with van der Waals surface area (Å²) in [6, 6.07) is 11.5. The number of nitro groups is 1. The molecule has 2 rings (SSSR count). The monoisotopic (exact) mass is 344 g/mol. The lowest BCUT2D eigenvalue weighted by atomic mass is 10.2. The number of benzene rings is 2. The first-order valence-electron chi connectivity index (χ1n) is 7.67. The van der Waals surface area contributed by atoms with Crippen LogP contribution in [0.5, 0.6) is 11.5 Å². The van der Waals surface area contributed by atoms with Gasteiger partial charge < -0.3 is 9.47 Å². The zero-order valence-electron chi connectivity index (χ0n) is 14.5. The Morgan fingerprint density at radius 1 is 1.08 bits per heavy atom. The van der Waals surface area contributed by atoms with Gasteiger partial charge >= 0.3 is 6.09 Å². The molecule has 132 valence electrons. The second-order valence-corrected chi connectivity index (χ2v) is 6.48. The van der Waals surface area contributed by atoms with Crippen molar-refractivity contribution in [2.24, 2.45) is 0 Å². The van der Waals surface area contributed by atoms with E-state index in [1.165, 1.54) is 18.2 Å². The third-order valence-corrected chi connectivity index (χ3v) is 3.06. The third kappa shape index (κ3) is 5.49. The summed E-state index contributed by atoms with van der Waals surface area (Å²) in [5.74, 6) is 0.947. The molecule has 0 aromatic heterocycles. The molecule has 0 bridgehead atoms. The number of amides is 1. The van der Waals surface area contributed by atoms with Gasteiger partial charge in [0.1, 0.15) is 22.8 Å². The number of ether oxygens (including phenoxy) is 2. The second-order valence-electron chi connectivity index (χ2n) is 6.48. The van der Waals surface area contributed by atoms with Crippen molar-refractivity contribution < 1.29 is 19.2 Å². The molecule has 0 aliphatic heterocycles. The molecule has 1 amide bonds. The minimum atomic E-state index is -0.775. The van der Waals surface area contributed by atoms with Crippen LogP contribution in [0.1, 0.15) is 26.3 Å². The van der Waals surface area contributed by atoms with Gasteiger partial charge in [-0.25, -0.2) is 4.79 Å². The van der Waals surface area contributed by atoms with Crippen molar-refractivity contribution in [3.63, 3.8) is 0 Å². The van der Waals surface area contributed by atoms with Crippen molar-refractivity contribution in [1.29, 1.82) is 0 Å². The third-order valence-electron chi connectivity index (χ3n) is 3.06. The molecule has 0 atom stereocenters. The van der Waals surface area contributed by atoms with E-state index in [2.05, 4.69) is 5.32 Å². The van der Waals surface area contributed by atoms with E-state index < -0.39 is 16.6 Å². The Morgan fingerprint density at radius 3 is 2.24 bits per heavy atom. The van der Waals surface area contributed by atoms with E-state index in [1.54, 1.807) is 32.9 Å². The molecule has 0 unspecified atom stereocenters. The zero-order chi connectivity index (χ0) is 18.6. The molecule has 0 saturated heterocycles. The van der Waals surface area contributed by atoms with Crippen LogP contribution < -0.4 is 10.1 Å². The molecular formula is C18H20N2O5. The minimum absolute atomic E-state index is 0.00358. The first kappa shape index (κ1) is 18.3. The van der Waals surface area contributed by atoms with Crippen LogP contribution in [-0.2, 0) is 4.74 Å². The van der Waals surface area contributed by atoms with Crippen LogP contribution >= 0.6 is 0 Å². The Bertz CT molecular complexity index is 779. The number of hydrogen-bond donors (Lipinski definition) is 1. The quantitative estimate of drug-likeness (QED) is 0.619. The number of nitrogens with zero attached hydrogens (tertiary/aromatic N) is 1. The maximum Gasteiger partial charge on any atom is 0.412 e. The number of rotatable bonds is 4. The number of aryl methyl sites for hydroxylation is 1. The van der Waals surface area contributed by atoms with Crippen molar-refractivity contribution in [3.05, 3.63) is 58.1 Å². The molecule has 7 heteroatoms. The lowest BCUT2D eigenvalue weighted by Crippen LogP contribution is -2.27. The van der Waals surface area contributed by atoms with Gasteiger partial charge in [-0.2, -0.15) is 0 Å². The van der Waals surface area contributed by atoms with Crippen molar-refractivity contribution >= 4 is 17.5 Å². The largest absolute Gasteiger partial charge is 0.457 e. The molecule has 0 aliphatic rings. The molecular weight excluding hydrogens is 324 g/mol. The predicted molar refractivity (Wildman–Crippen MR) is 94.2 cm³/mol. The van der Waals surface area contributed by atoms with Crippen molar-refractivity contribution in [1.82, 2.24) is 0 Å². The Balaban J connectivity index is 2.25. The second kappa shape index (κ2) is 7.21. The highest BCUT2D eigenvalue weighted by molar-refractivity contribution is 5.88. The molecule has 25 heavy (non-hydrogen) atoms. The number of anilines is 1. The number of nitro benzene ring substituents is 1. The maximum atomic E-state index is 11.9. The molecule has 0 fully saturated rings. The first-order valence-corrected chi connectivity index (χ1v) is 7.67. The van der Waals surface area contributed by atoms with Gasteiger partial charge in [-0.3, -0.25) is 15.4 Å². The lowest BCUT2D eigenvalue weighted by molar-refractivity contribution is -0.383. The number of hydrogen-bond acceptors (Lipinski definition) is 5. The number of carbonyl (C=O) groups excluding carboxylic acids is 1. The van der Waals surface area contributed by atoms with Crippen LogP contribution in [0, 0.1) is 17.0 Å². The highest BCUT2D eigenvalue weighted by Crippen LogP contribution is 2.32.